The van der Waals surface area contributed by atoms with Crippen LogP contribution in [0.1, 0.15) is 37.6 Å². The summed E-state index contributed by atoms with van der Waals surface area (Å²) in [6, 6.07) is 6.65. The van der Waals surface area contributed by atoms with Gasteiger partial charge in [0.25, 0.3) is 0 Å². The Morgan fingerprint density at radius 3 is 2.80 bits per heavy atom. The van der Waals surface area contributed by atoms with Crippen LogP contribution >= 0.6 is 0 Å². The standard InChI is InChI=1S/C18H22FN3O3/c1-13(6-7-14-4-2-3-5-15(14)19)16(23)21-18(8-10-24-11-9-18)17-20-12-25-22-17/h2-5,12-13H,6-11H2,1H3,(H,21,23)/t13-/m1/s1. The number of ether oxygens (including phenoxy) is 1. The number of rotatable bonds is 6. The Morgan fingerprint density at radius 2 is 2.12 bits per heavy atom. The quantitative estimate of drug-likeness (QED) is 0.869. The van der Waals surface area contributed by atoms with Gasteiger partial charge in [-0.05, 0) is 24.5 Å². The van der Waals surface area contributed by atoms with E-state index in [9.17, 15) is 9.18 Å². The molecule has 0 saturated carbocycles. The van der Waals surface area contributed by atoms with Gasteiger partial charge in [0, 0.05) is 32.0 Å². The smallest absolute Gasteiger partial charge is 0.223 e. The summed E-state index contributed by atoms with van der Waals surface area (Å²) in [5, 5.41) is 7.01. The zero-order chi connectivity index (χ0) is 17.7. The van der Waals surface area contributed by atoms with Gasteiger partial charge in [0.05, 0.1) is 0 Å². The molecule has 1 aliphatic rings. The summed E-state index contributed by atoms with van der Waals surface area (Å²) in [4.78, 5) is 16.8. The maximum absolute atomic E-state index is 13.7. The number of aromatic nitrogens is 2. The molecule has 3 rings (SSSR count). The highest BCUT2D eigenvalue weighted by Crippen LogP contribution is 2.30. The predicted octanol–water partition coefficient (Wildman–Crippen LogP) is 2.60. The summed E-state index contributed by atoms with van der Waals surface area (Å²) < 4.78 is 24.0. The zero-order valence-electron chi connectivity index (χ0n) is 14.2. The van der Waals surface area contributed by atoms with Crippen LogP contribution in [0.2, 0.25) is 0 Å². The van der Waals surface area contributed by atoms with E-state index < -0.39 is 5.54 Å². The number of hydrogen-bond acceptors (Lipinski definition) is 5. The van der Waals surface area contributed by atoms with Crippen molar-refractivity contribution in [3.63, 3.8) is 0 Å². The molecular formula is C18H22FN3O3. The second-order valence-corrected chi connectivity index (χ2v) is 6.47. The second-order valence-electron chi connectivity index (χ2n) is 6.47. The van der Waals surface area contributed by atoms with Gasteiger partial charge in [-0.3, -0.25) is 4.79 Å². The normalized spacial score (nSPS) is 17.8. The van der Waals surface area contributed by atoms with Crippen LogP contribution in [-0.4, -0.2) is 29.3 Å². The van der Waals surface area contributed by atoms with E-state index in [1.165, 1.54) is 12.5 Å². The van der Waals surface area contributed by atoms with Crippen molar-refractivity contribution in [2.45, 2.75) is 38.1 Å². The minimum Gasteiger partial charge on any atom is -0.381 e. The van der Waals surface area contributed by atoms with Gasteiger partial charge in [0.2, 0.25) is 12.3 Å². The molecule has 0 unspecified atom stereocenters. The fourth-order valence-corrected chi connectivity index (χ4v) is 3.07. The number of nitrogens with one attached hydrogen (secondary N) is 1. The average Bonchev–Trinajstić information content (AvgIpc) is 3.17. The van der Waals surface area contributed by atoms with Gasteiger partial charge >= 0.3 is 0 Å². The number of carbonyl (C=O) groups is 1. The number of amides is 1. The third-order valence-corrected chi connectivity index (χ3v) is 4.75. The molecule has 1 aromatic carbocycles. The van der Waals surface area contributed by atoms with Gasteiger partial charge in [-0.25, -0.2) is 4.39 Å². The Morgan fingerprint density at radius 1 is 1.36 bits per heavy atom. The second kappa shape index (κ2) is 7.74. The fourth-order valence-electron chi connectivity index (χ4n) is 3.07. The highest BCUT2D eigenvalue weighted by atomic mass is 19.1. The van der Waals surface area contributed by atoms with Crippen LogP contribution in [0.3, 0.4) is 0 Å². The molecule has 1 amide bonds. The lowest BCUT2D eigenvalue weighted by Gasteiger charge is -2.36. The van der Waals surface area contributed by atoms with Crippen LogP contribution in [0.5, 0.6) is 0 Å². The number of halogens is 1. The van der Waals surface area contributed by atoms with E-state index in [1.807, 2.05) is 6.92 Å². The molecular weight excluding hydrogens is 325 g/mol. The van der Waals surface area contributed by atoms with Gasteiger partial charge in [-0.15, -0.1) is 0 Å². The summed E-state index contributed by atoms with van der Waals surface area (Å²) in [5.41, 5.74) is -0.0321. The van der Waals surface area contributed by atoms with Crippen molar-refractivity contribution in [2.24, 2.45) is 5.92 Å². The summed E-state index contributed by atoms with van der Waals surface area (Å²) >= 11 is 0. The van der Waals surface area contributed by atoms with E-state index in [0.717, 1.165) is 0 Å². The minimum atomic E-state index is -0.658. The third kappa shape index (κ3) is 4.04. The summed E-state index contributed by atoms with van der Waals surface area (Å²) in [6.45, 7) is 2.90. The van der Waals surface area contributed by atoms with E-state index in [-0.39, 0.29) is 17.6 Å². The van der Waals surface area contributed by atoms with Crippen molar-refractivity contribution in [3.8, 4) is 0 Å². The Bertz CT molecular complexity index is 699. The summed E-state index contributed by atoms with van der Waals surface area (Å²) in [5.74, 6) is -0.109. The predicted molar refractivity (Wildman–Crippen MR) is 88.1 cm³/mol. The number of benzene rings is 1. The highest BCUT2D eigenvalue weighted by Gasteiger charge is 2.40. The van der Waals surface area contributed by atoms with E-state index >= 15 is 0 Å². The van der Waals surface area contributed by atoms with Crippen molar-refractivity contribution in [2.75, 3.05) is 13.2 Å². The summed E-state index contributed by atoms with van der Waals surface area (Å²) in [7, 11) is 0. The first-order valence-corrected chi connectivity index (χ1v) is 8.51. The molecule has 134 valence electrons. The molecule has 1 fully saturated rings. The number of aryl methyl sites for hydroxylation is 1. The van der Waals surface area contributed by atoms with Gasteiger partial charge in [0.1, 0.15) is 11.4 Å². The van der Waals surface area contributed by atoms with Crippen LogP contribution in [-0.2, 0) is 21.5 Å². The molecule has 0 aliphatic carbocycles. The lowest BCUT2D eigenvalue weighted by Crippen LogP contribution is -2.51. The molecule has 1 atom stereocenters. The van der Waals surface area contributed by atoms with Crippen LogP contribution in [0.15, 0.2) is 35.2 Å². The Kier molecular flexibility index (Phi) is 5.43. The van der Waals surface area contributed by atoms with Crippen LogP contribution in [0.25, 0.3) is 0 Å². The fraction of sp³-hybridized carbons (Fsp3) is 0.500. The molecule has 0 bridgehead atoms. The number of carbonyl (C=O) groups excluding carboxylic acids is 1. The number of hydrogen-bond donors (Lipinski definition) is 1. The third-order valence-electron chi connectivity index (χ3n) is 4.75. The molecule has 6 nitrogen and oxygen atoms in total. The minimum absolute atomic E-state index is 0.0944. The maximum Gasteiger partial charge on any atom is 0.223 e. The van der Waals surface area contributed by atoms with Crippen molar-refractivity contribution in [1.29, 1.82) is 0 Å². The Balaban J connectivity index is 1.64. The molecule has 1 aliphatic heterocycles. The highest BCUT2D eigenvalue weighted by molar-refractivity contribution is 5.79. The maximum atomic E-state index is 13.7. The molecule has 1 saturated heterocycles. The monoisotopic (exact) mass is 347 g/mol. The van der Waals surface area contributed by atoms with Gasteiger partial charge in [-0.1, -0.05) is 30.3 Å². The lowest BCUT2D eigenvalue weighted by molar-refractivity contribution is -0.128. The molecule has 2 heterocycles. The lowest BCUT2D eigenvalue weighted by atomic mass is 9.88. The van der Waals surface area contributed by atoms with Crippen LogP contribution in [0.4, 0.5) is 4.39 Å². The van der Waals surface area contributed by atoms with Gasteiger partial charge in [-0.2, -0.15) is 4.98 Å². The zero-order valence-corrected chi connectivity index (χ0v) is 14.2. The van der Waals surface area contributed by atoms with Gasteiger partial charge in [0.15, 0.2) is 5.82 Å². The first kappa shape index (κ1) is 17.5. The molecule has 1 aromatic heterocycles. The molecule has 1 N–H and O–H groups in total. The molecule has 2 aromatic rings. The summed E-state index contributed by atoms with van der Waals surface area (Å²) in [6.07, 6.45) is 3.53. The molecule has 25 heavy (non-hydrogen) atoms. The topological polar surface area (TPSA) is 77.3 Å². The SMILES string of the molecule is C[C@H](CCc1ccccc1F)C(=O)NC1(c2ncon2)CCOCC1. The van der Waals surface area contributed by atoms with E-state index in [4.69, 9.17) is 9.26 Å². The largest absolute Gasteiger partial charge is 0.381 e. The van der Waals surface area contributed by atoms with E-state index in [0.29, 0.717) is 50.3 Å². The van der Waals surface area contributed by atoms with Crippen molar-refractivity contribution < 1.29 is 18.4 Å². The van der Waals surface area contributed by atoms with Gasteiger partial charge < -0.3 is 14.6 Å². The van der Waals surface area contributed by atoms with Crippen LogP contribution < -0.4 is 5.32 Å². The molecule has 0 spiro atoms. The molecule has 0 radical (unpaired) electrons. The van der Waals surface area contributed by atoms with Crippen molar-refractivity contribution in [1.82, 2.24) is 15.5 Å². The Labute approximate surface area is 145 Å². The number of nitrogens with zero attached hydrogens (tertiary/aromatic N) is 2. The first-order chi connectivity index (χ1) is 12.1. The van der Waals surface area contributed by atoms with E-state index in [1.54, 1.807) is 18.2 Å². The molecule has 7 heteroatoms. The average molecular weight is 347 g/mol. The van der Waals surface area contributed by atoms with Crippen molar-refractivity contribution >= 4 is 5.91 Å². The van der Waals surface area contributed by atoms with Crippen molar-refractivity contribution in [3.05, 3.63) is 47.9 Å². The first-order valence-electron chi connectivity index (χ1n) is 8.51. The Hall–Kier alpha value is -2.28. The van der Waals surface area contributed by atoms with Crippen LogP contribution in [0, 0.1) is 11.7 Å². The van der Waals surface area contributed by atoms with E-state index in [2.05, 4.69) is 15.5 Å².